The normalized spacial score (nSPS) is 14.5. The number of hydrogen-bond donors (Lipinski definition) is 4. The van der Waals surface area contributed by atoms with Gasteiger partial charge in [-0.05, 0) is 12.5 Å². The van der Waals surface area contributed by atoms with Gasteiger partial charge in [0.15, 0.2) is 11.6 Å². The van der Waals surface area contributed by atoms with Crippen LogP contribution in [0.3, 0.4) is 0 Å². The number of aliphatic hydroxyl groups excluding tert-OH is 3. The van der Waals surface area contributed by atoms with Gasteiger partial charge in [0, 0.05) is 18.4 Å². The van der Waals surface area contributed by atoms with E-state index < -0.39 is 12.2 Å². The van der Waals surface area contributed by atoms with Crippen LogP contribution in [0, 0.1) is 0 Å². The van der Waals surface area contributed by atoms with E-state index in [0.717, 1.165) is 0 Å². The van der Waals surface area contributed by atoms with Gasteiger partial charge in [0.2, 0.25) is 0 Å². The highest BCUT2D eigenvalue weighted by molar-refractivity contribution is 5.47. The minimum Gasteiger partial charge on any atom is -0.493 e. The first kappa shape index (κ1) is 12.7. The summed E-state index contributed by atoms with van der Waals surface area (Å²) in [5, 5.41) is 27.9. The van der Waals surface area contributed by atoms with E-state index in [4.69, 9.17) is 15.6 Å². The molecule has 6 heteroatoms. The minimum atomic E-state index is -1.12. The van der Waals surface area contributed by atoms with E-state index >= 15 is 0 Å². The third kappa shape index (κ3) is 2.82. The van der Waals surface area contributed by atoms with Crippen LogP contribution in [0.1, 0.15) is 18.1 Å². The average Bonchev–Trinajstić information content (AvgIpc) is 2.29. The van der Waals surface area contributed by atoms with Crippen molar-refractivity contribution in [1.29, 1.82) is 0 Å². The monoisotopic (exact) mass is 228 g/mol. The molecule has 0 saturated carbocycles. The third-order valence-electron chi connectivity index (χ3n) is 2.25. The molecule has 0 amide bonds. The predicted molar refractivity (Wildman–Crippen MR) is 57.9 cm³/mol. The van der Waals surface area contributed by atoms with E-state index in [1.165, 1.54) is 19.4 Å². The van der Waals surface area contributed by atoms with Gasteiger partial charge < -0.3 is 25.8 Å². The second-order valence-electron chi connectivity index (χ2n) is 3.38. The fourth-order valence-corrected chi connectivity index (χ4v) is 1.31. The molecule has 1 aromatic rings. The first-order chi connectivity index (χ1) is 7.60. The summed E-state index contributed by atoms with van der Waals surface area (Å²) in [4.78, 5) is 3.83. The number of nitrogens with zero attached hydrogens (tertiary/aromatic N) is 1. The molecule has 0 aliphatic carbocycles. The first-order valence-corrected chi connectivity index (χ1v) is 4.86. The Hall–Kier alpha value is -1.37. The largest absolute Gasteiger partial charge is 0.493 e. The number of hydrogen-bond acceptors (Lipinski definition) is 6. The van der Waals surface area contributed by atoms with Crippen molar-refractivity contribution in [3.05, 3.63) is 17.8 Å². The fourth-order valence-electron chi connectivity index (χ4n) is 1.31. The van der Waals surface area contributed by atoms with Crippen LogP contribution >= 0.6 is 0 Å². The first-order valence-electron chi connectivity index (χ1n) is 4.86. The number of nitrogens with two attached hydrogens (primary N) is 1. The molecule has 1 aromatic heterocycles. The van der Waals surface area contributed by atoms with E-state index in [1.807, 2.05) is 0 Å². The zero-order chi connectivity index (χ0) is 12.1. The topological polar surface area (TPSA) is 109 Å². The van der Waals surface area contributed by atoms with Crippen LogP contribution in [0.2, 0.25) is 0 Å². The Morgan fingerprint density at radius 2 is 2.19 bits per heavy atom. The molecular weight excluding hydrogens is 212 g/mol. The molecular formula is C10H16N2O4. The van der Waals surface area contributed by atoms with Gasteiger partial charge in [0.05, 0.1) is 13.2 Å². The molecule has 0 aromatic carbocycles. The third-order valence-corrected chi connectivity index (χ3v) is 2.25. The molecule has 2 atom stereocenters. The fraction of sp³-hybridized carbons (Fsp3) is 0.500. The number of aromatic nitrogens is 1. The summed E-state index contributed by atoms with van der Waals surface area (Å²) in [7, 11) is 1.44. The van der Waals surface area contributed by atoms with Crippen molar-refractivity contribution in [1.82, 2.24) is 4.98 Å². The van der Waals surface area contributed by atoms with Crippen LogP contribution in [0.15, 0.2) is 12.3 Å². The Kier molecular flexibility index (Phi) is 4.48. The molecule has 0 saturated heterocycles. The van der Waals surface area contributed by atoms with Crippen molar-refractivity contribution in [3.8, 4) is 5.75 Å². The molecule has 2 unspecified atom stereocenters. The zero-order valence-corrected chi connectivity index (χ0v) is 9.00. The maximum Gasteiger partial charge on any atom is 0.166 e. The van der Waals surface area contributed by atoms with Gasteiger partial charge in [-0.25, -0.2) is 4.98 Å². The number of pyridine rings is 1. The molecule has 0 spiro atoms. The van der Waals surface area contributed by atoms with Crippen molar-refractivity contribution in [2.24, 2.45) is 0 Å². The van der Waals surface area contributed by atoms with E-state index in [9.17, 15) is 10.2 Å². The van der Waals surface area contributed by atoms with Gasteiger partial charge in [-0.2, -0.15) is 0 Å². The molecule has 5 N–H and O–H groups in total. The number of rotatable bonds is 5. The lowest BCUT2D eigenvalue weighted by atomic mass is 10.0. The highest BCUT2D eigenvalue weighted by Crippen LogP contribution is 2.25. The van der Waals surface area contributed by atoms with Crippen molar-refractivity contribution in [2.75, 3.05) is 19.5 Å². The zero-order valence-electron chi connectivity index (χ0n) is 9.00. The van der Waals surface area contributed by atoms with Crippen LogP contribution < -0.4 is 10.5 Å². The highest BCUT2D eigenvalue weighted by atomic mass is 16.5. The van der Waals surface area contributed by atoms with Crippen LogP contribution in [-0.2, 0) is 0 Å². The van der Waals surface area contributed by atoms with Crippen molar-refractivity contribution in [2.45, 2.75) is 18.6 Å². The van der Waals surface area contributed by atoms with E-state index in [2.05, 4.69) is 4.98 Å². The number of anilines is 1. The van der Waals surface area contributed by atoms with E-state index in [1.54, 1.807) is 0 Å². The minimum absolute atomic E-state index is 0.0911. The summed E-state index contributed by atoms with van der Waals surface area (Å²) in [5.74, 6) is 0.558. The molecule has 0 aliphatic rings. The van der Waals surface area contributed by atoms with Gasteiger partial charge in [-0.3, -0.25) is 0 Å². The molecule has 0 bridgehead atoms. The predicted octanol–water partition coefficient (Wildman–Crippen LogP) is -0.551. The number of methoxy groups -OCH3 is 1. The quantitative estimate of drug-likeness (QED) is 0.538. The molecule has 90 valence electrons. The van der Waals surface area contributed by atoms with Crippen LogP contribution in [0.5, 0.6) is 5.75 Å². The number of nitrogen functional groups attached to an aromatic ring is 1. The lowest BCUT2D eigenvalue weighted by Crippen LogP contribution is -2.19. The Balaban J connectivity index is 2.87. The summed E-state index contributed by atoms with van der Waals surface area (Å²) >= 11 is 0. The Morgan fingerprint density at radius 3 is 2.75 bits per heavy atom. The van der Waals surface area contributed by atoms with Gasteiger partial charge in [-0.1, -0.05) is 0 Å². The second kappa shape index (κ2) is 5.64. The Bertz CT molecular complexity index is 346. The van der Waals surface area contributed by atoms with Gasteiger partial charge in [0.1, 0.15) is 6.10 Å². The molecule has 0 radical (unpaired) electrons. The molecule has 16 heavy (non-hydrogen) atoms. The van der Waals surface area contributed by atoms with Crippen LogP contribution in [0.4, 0.5) is 5.82 Å². The Morgan fingerprint density at radius 1 is 1.50 bits per heavy atom. The van der Waals surface area contributed by atoms with Crippen molar-refractivity contribution < 1.29 is 20.1 Å². The number of ether oxygens (including phenoxy) is 1. The molecule has 0 fully saturated rings. The maximum absolute atomic E-state index is 9.73. The smallest absolute Gasteiger partial charge is 0.166 e. The molecule has 6 nitrogen and oxygen atoms in total. The van der Waals surface area contributed by atoms with Gasteiger partial charge in [0.25, 0.3) is 0 Å². The van der Waals surface area contributed by atoms with E-state index in [-0.39, 0.29) is 18.8 Å². The molecule has 1 rings (SSSR count). The van der Waals surface area contributed by atoms with E-state index in [0.29, 0.717) is 11.3 Å². The molecule has 0 aliphatic heterocycles. The SMILES string of the molecule is COc1cc(C(O)C(O)CCO)cnc1N. The maximum atomic E-state index is 9.73. The summed E-state index contributed by atoms with van der Waals surface area (Å²) in [5.41, 5.74) is 5.91. The summed E-state index contributed by atoms with van der Waals surface area (Å²) in [6.07, 6.45) is -0.703. The van der Waals surface area contributed by atoms with Crippen molar-refractivity contribution >= 4 is 5.82 Å². The lowest BCUT2D eigenvalue weighted by Gasteiger charge is -2.17. The summed E-state index contributed by atoms with van der Waals surface area (Å²) in [6, 6.07) is 1.51. The average molecular weight is 228 g/mol. The summed E-state index contributed by atoms with van der Waals surface area (Å²) < 4.78 is 4.95. The van der Waals surface area contributed by atoms with Crippen LogP contribution in [0.25, 0.3) is 0 Å². The standard InChI is InChI=1S/C10H16N2O4/c1-16-8-4-6(5-12-10(8)11)9(15)7(14)2-3-13/h4-5,7,9,13-15H,2-3H2,1H3,(H2,11,12). The van der Waals surface area contributed by atoms with Crippen LogP contribution in [-0.4, -0.2) is 40.1 Å². The summed E-state index contributed by atoms with van der Waals surface area (Å²) in [6.45, 7) is -0.197. The van der Waals surface area contributed by atoms with Gasteiger partial charge >= 0.3 is 0 Å². The number of aliphatic hydroxyl groups is 3. The highest BCUT2D eigenvalue weighted by Gasteiger charge is 2.19. The van der Waals surface area contributed by atoms with Gasteiger partial charge in [-0.15, -0.1) is 0 Å². The molecule has 1 heterocycles. The second-order valence-corrected chi connectivity index (χ2v) is 3.38. The van der Waals surface area contributed by atoms with Crippen molar-refractivity contribution in [3.63, 3.8) is 0 Å². The Labute approximate surface area is 93.3 Å². The lowest BCUT2D eigenvalue weighted by molar-refractivity contribution is 0.00396.